The second kappa shape index (κ2) is 9.07. The standard InChI is InChI=1S/C21H20ClFN4OS/c1-4-29-26-15-6-8-19(25-14-5-7-17(22)18(23)11-14)16(10-15)13-9-20(24-2)21(28)27(3)12-13/h4-12,24-26H,1H2,2-3H3. The lowest BCUT2D eigenvalue weighted by atomic mass is 10.0. The molecular weight excluding hydrogens is 411 g/mol. The van der Waals surface area contributed by atoms with Gasteiger partial charge in [0, 0.05) is 48.5 Å². The minimum Gasteiger partial charge on any atom is -0.384 e. The Morgan fingerprint density at radius 3 is 2.59 bits per heavy atom. The van der Waals surface area contributed by atoms with Gasteiger partial charge in [-0.2, -0.15) is 0 Å². The van der Waals surface area contributed by atoms with E-state index in [0.717, 1.165) is 22.5 Å². The van der Waals surface area contributed by atoms with E-state index in [2.05, 4.69) is 21.9 Å². The molecule has 0 aliphatic heterocycles. The summed E-state index contributed by atoms with van der Waals surface area (Å²) in [5, 5.41) is 7.91. The molecule has 1 aromatic heterocycles. The van der Waals surface area contributed by atoms with Crippen LogP contribution in [0.1, 0.15) is 0 Å². The van der Waals surface area contributed by atoms with Crippen LogP contribution in [0, 0.1) is 5.82 Å². The lowest BCUT2D eigenvalue weighted by Crippen LogP contribution is -2.19. The van der Waals surface area contributed by atoms with E-state index in [1.165, 1.54) is 28.6 Å². The molecule has 0 unspecified atom stereocenters. The lowest BCUT2D eigenvalue weighted by Gasteiger charge is -2.16. The van der Waals surface area contributed by atoms with Crippen molar-refractivity contribution < 1.29 is 4.39 Å². The average Bonchev–Trinajstić information content (AvgIpc) is 2.72. The molecular formula is C21H20ClFN4OS. The van der Waals surface area contributed by atoms with Gasteiger partial charge in [-0.25, -0.2) is 4.39 Å². The van der Waals surface area contributed by atoms with Crippen molar-refractivity contribution in [2.45, 2.75) is 0 Å². The van der Waals surface area contributed by atoms with E-state index in [0.29, 0.717) is 11.4 Å². The number of halogens is 2. The van der Waals surface area contributed by atoms with Gasteiger partial charge < -0.3 is 19.9 Å². The Kier molecular flexibility index (Phi) is 6.51. The fraction of sp³-hybridized carbons (Fsp3) is 0.0952. The van der Waals surface area contributed by atoms with Gasteiger partial charge in [-0.1, -0.05) is 18.2 Å². The van der Waals surface area contributed by atoms with E-state index in [9.17, 15) is 9.18 Å². The SMILES string of the molecule is C=CSNc1ccc(Nc2ccc(Cl)c(F)c2)c(-c2cc(NC)c(=O)n(C)c2)c1. The molecule has 0 atom stereocenters. The van der Waals surface area contributed by atoms with E-state index in [1.807, 2.05) is 18.2 Å². The largest absolute Gasteiger partial charge is 0.384 e. The second-order valence-corrected chi connectivity index (χ2v) is 7.39. The number of nitrogens with one attached hydrogen (secondary N) is 3. The summed E-state index contributed by atoms with van der Waals surface area (Å²) in [6.07, 6.45) is 1.76. The van der Waals surface area contributed by atoms with E-state index in [-0.39, 0.29) is 10.6 Å². The van der Waals surface area contributed by atoms with Gasteiger partial charge in [0.05, 0.1) is 5.02 Å². The van der Waals surface area contributed by atoms with Gasteiger partial charge in [-0.05, 0) is 59.8 Å². The summed E-state index contributed by atoms with van der Waals surface area (Å²) in [6, 6.07) is 12.1. The summed E-state index contributed by atoms with van der Waals surface area (Å²) in [7, 11) is 3.40. The van der Waals surface area contributed by atoms with Crippen LogP contribution < -0.4 is 20.9 Å². The van der Waals surface area contributed by atoms with E-state index in [4.69, 9.17) is 11.6 Å². The third kappa shape index (κ3) is 4.75. The first-order valence-electron chi connectivity index (χ1n) is 8.70. The third-order valence-electron chi connectivity index (χ3n) is 4.24. The van der Waals surface area contributed by atoms with Gasteiger partial charge in [0.1, 0.15) is 11.5 Å². The van der Waals surface area contributed by atoms with Gasteiger partial charge in [-0.15, -0.1) is 0 Å². The molecule has 0 fully saturated rings. The molecule has 0 aliphatic carbocycles. The Morgan fingerprint density at radius 2 is 1.90 bits per heavy atom. The van der Waals surface area contributed by atoms with Crippen molar-refractivity contribution in [1.82, 2.24) is 4.57 Å². The summed E-state index contributed by atoms with van der Waals surface area (Å²) in [5.41, 5.74) is 4.18. The summed E-state index contributed by atoms with van der Waals surface area (Å²) in [6.45, 7) is 3.68. The topological polar surface area (TPSA) is 58.1 Å². The molecule has 0 aliphatic rings. The van der Waals surface area contributed by atoms with Gasteiger partial charge in [0.15, 0.2) is 0 Å². The molecule has 0 radical (unpaired) electrons. The molecule has 3 N–H and O–H groups in total. The first-order valence-corrected chi connectivity index (χ1v) is 9.96. The summed E-state index contributed by atoms with van der Waals surface area (Å²) >= 11 is 7.14. The smallest absolute Gasteiger partial charge is 0.273 e. The minimum atomic E-state index is -0.501. The van der Waals surface area contributed by atoms with Crippen molar-refractivity contribution in [1.29, 1.82) is 0 Å². The van der Waals surface area contributed by atoms with Gasteiger partial charge in [-0.3, -0.25) is 4.79 Å². The number of aromatic nitrogens is 1. The van der Waals surface area contributed by atoms with Crippen molar-refractivity contribution >= 4 is 46.3 Å². The highest BCUT2D eigenvalue weighted by molar-refractivity contribution is 8.03. The summed E-state index contributed by atoms with van der Waals surface area (Å²) in [5.74, 6) is -0.501. The van der Waals surface area contributed by atoms with Crippen LogP contribution in [0.4, 0.5) is 27.1 Å². The summed E-state index contributed by atoms with van der Waals surface area (Å²) in [4.78, 5) is 12.2. The molecule has 0 amide bonds. The fourth-order valence-corrected chi connectivity index (χ4v) is 3.30. The number of pyridine rings is 1. The number of benzene rings is 2. The van der Waals surface area contributed by atoms with E-state index >= 15 is 0 Å². The zero-order chi connectivity index (χ0) is 21.0. The molecule has 0 bridgehead atoms. The Balaban J connectivity index is 2.11. The molecule has 0 saturated carbocycles. The fourth-order valence-electron chi connectivity index (χ4n) is 2.83. The predicted octanol–water partition coefficient (Wildman–Crippen LogP) is 5.83. The van der Waals surface area contributed by atoms with Crippen LogP contribution in [0.15, 0.2) is 65.4 Å². The number of anilines is 4. The van der Waals surface area contributed by atoms with Crippen LogP contribution in [0.5, 0.6) is 0 Å². The predicted molar refractivity (Wildman–Crippen MR) is 123 cm³/mol. The van der Waals surface area contributed by atoms with Crippen molar-refractivity contribution in [3.8, 4) is 11.1 Å². The van der Waals surface area contributed by atoms with Crippen LogP contribution in [0.2, 0.25) is 5.02 Å². The second-order valence-electron chi connectivity index (χ2n) is 6.21. The maximum Gasteiger partial charge on any atom is 0.273 e. The normalized spacial score (nSPS) is 10.5. The van der Waals surface area contributed by atoms with Crippen LogP contribution in [-0.4, -0.2) is 11.6 Å². The van der Waals surface area contributed by atoms with Crippen LogP contribution >= 0.6 is 23.5 Å². The first-order chi connectivity index (χ1) is 13.9. The van der Waals surface area contributed by atoms with Gasteiger partial charge in [0.2, 0.25) is 0 Å². The molecule has 0 spiro atoms. The Bertz CT molecular complexity index is 1120. The van der Waals surface area contributed by atoms with Crippen molar-refractivity contribution in [2.75, 3.05) is 22.4 Å². The lowest BCUT2D eigenvalue weighted by molar-refractivity contribution is 0.629. The molecule has 2 aromatic carbocycles. The zero-order valence-electron chi connectivity index (χ0n) is 15.9. The Labute approximate surface area is 177 Å². The Morgan fingerprint density at radius 1 is 1.14 bits per heavy atom. The number of hydrogen-bond donors (Lipinski definition) is 3. The zero-order valence-corrected chi connectivity index (χ0v) is 17.5. The third-order valence-corrected chi connectivity index (χ3v) is 5.07. The highest BCUT2D eigenvalue weighted by Gasteiger charge is 2.12. The number of aryl methyl sites for hydroxylation is 1. The van der Waals surface area contributed by atoms with Crippen LogP contribution in [0.25, 0.3) is 11.1 Å². The first kappa shape index (κ1) is 20.8. The highest BCUT2D eigenvalue weighted by Crippen LogP contribution is 2.34. The number of hydrogen-bond acceptors (Lipinski definition) is 5. The van der Waals surface area contributed by atoms with Crippen LogP contribution in [-0.2, 0) is 7.05 Å². The van der Waals surface area contributed by atoms with Crippen LogP contribution in [0.3, 0.4) is 0 Å². The molecule has 1 heterocycles. The molecule has 3 aromatic rings. The van der Waals surface area contributed by atoms with Crippen molar-refractivity contribution in [3.63, 3.8) is 0 Å². The highest BCUT2D eigenvalue weighted by atomic mass is 35.5. The van der Waals surface area contributed by atoms with E-state index < -0.39 is 5.82 Å². The monoisotopic (exact) mass is 430 g/mol. The molecule has 8 heteroatoms. The quantitative estimate of drug-likeness (QED) is 0.411. The average molecular weight is 431 g/mol. The van der Waals surface area contributed by atoms with Crippen molar-refractivity contribution in [3.05, 3.63) is 81.8 Å². The van der Waals surface area contributed by atoms with Gasteiger partial charge >= 0.3 is 0 Å². The maximum absolute atomic E-state index is 13.9. The molecule has 29 heavy (non-hydrogen) atoms. The Hall–Kier alpha value is -2.90. The molecule has 3 rings (SSSR count). The number of rotatable bonds is 7. The van der Waals surface area contributed by atoms with Gasteiger partial charge in [0.25, 0.3) is 5.56 Å². The minimum absolute atomic E-state index is 0.0634. The molecule has 150 valence electrons. The number of nitrogens with zero attached hydrogens (tertiary/aromatic N) is 1. The molecule has 5 nitrogen and oxygen atoms in total. The van der Waals surface area contributed by atoms with E-state index in [1.54, 1.807) is 37.8 Å². The molecule has 0 saturated heterocycles. The maximum atomic E-state index is 13.9. The summed E-state index contributed by atoms with van der Waals surface area (Å²) < 4.78 is 18.6. The van der Waals surface area contributed by atoms with Crippen molar-refractivity contribution in [2.24, 2.45) is 7.05 Å².